The van der Waals surface area contributed by atoms with Gasteiger partial charge >= 0.3 is 6.09 Å². The van der Waals surface area contributed by atoms with Crippen LogP contribution < -0.4 is 9.64 Å². The molecule has 246 valence electrons. The van der Waals surface area contributed by atoms with E-state index in [1.807, 2.05) is 13.0 Å². The topological polar surface area (TPSA) is 128 Å². The van der Waals surface area contributed by atoms with E-state index < -0.39 is 12.1 Å². The van der Waals surface area contributed by atoms with Gasteiger partial charge in [0.15, 0.2) is 0 Å². The Hall–Kier alpha value is -3.36. The van der Waals surface area contributed by atoms with E-state index >= 15 is 0 Å². The lowest BCUT2D eigenvalue weighted by Gasteiger charge is -2.48. The number of methoxy groups -OCH3 is 1. The third-order valence-corrected chi connectivity index (χ3v) is 9.07. The van der Waals surface area contributed by atoms with Crippen molar-refractivity contribution in [2.24, 2.45) is 0 Å². The van der Waals surface area contributed by atoms with Gasteiger partial charge in [-0.1, -0.05) is 12.1 Å². The molecule has 2 amide bonds. The number of nitrogens with zero attached hydrogens (tertiary/aromatic N) is 5. The number of pyridine rings is 1. The predicted octanol–water partition coefficient (Wildman–Crippen LogP) is 2.21. The van der Waals surface area contributed by atoms with Crippen LogP contribution in [0.15, 0.2) is 30.3 Å². The van der Waals surface area contributed by atoms with Crippen LogP contribution in [-0.2, 0) is 27.3 Å². The summed E-state index contributed by atoms with van der Waals surface area (Å²) < 4.78 is 30.7. The first-order valence-electron chi connectivity index (χ1n) is 15.5. The number of hydrogen-bond donors (Lipinski definition) is 2. The van der Waals surface area contributed by atoms with Crippen LogP contribution in [0.2, 0.25) is 0 Å². The van der Waals surface area contributed by atoms with E-state index in [9.17, 15) is 24.2 Å². The van der Waals surface area contributed by atoms with Crippen LogP contribution in [0.1, 0.15) is 37.6 Å². The summed E-state index contributed by atoms with van der Waals surface area (Å²) in [5, 5.41) is 20.0. The summed E-state index contributed by atoms with van der Waals surface area (Å²) in [6, 6.07) is 7.32. The standard InChI is InChI=1S/C32H44FN5O7/c1-20-11-35(26(13-37(20)32(41)42)12-36-21(2)16-44-17-22(36)3)14-30(40)38-27(18-43-4)19-45-31-29(38)10-24(28(15-39)34-31)9-23-5-7-25(33)8-6-23/h5-8,10,20-22,26-27,39H,9,11-19H2,1-4H3,(H,41,42)/t20-,21-,22-,26+,27+/m1/s1. The highest BCUT2D eigenvalue weighted by atomic mass is 19.1. The molecule has 1 aromatic carbocycles. The predicted molar refractivity (Wildman–Crippen MR) is 164 cm³/mol. The fraction of sp³-hybridized carbons (Fsp3) is 0.594. The van der Waals surface area contributed by atoms with E-state index in [0.29, 0.717) is 49.7 Å². The lowest BCUT2D eigenvalue weighted by Crippen LogP contribution is -2.65. The van der Waals surface area contributed by atoms with Crippen molar-refractivity contribution in [3.05, 3.63) is 53.0 Å². The zero-order valence-corrected chi connectivity index (χ0v) is 26.4. The molecule has 0 spiro atoms. The van der Waals surface area contributed by atoms with Crippen LogP contribution >= 0.6 is 0 Å². The number of hydrogen-bond acceptors (Lipinski definition) is 9. The van der Waals surface area contributed by atoms with Crippen molar-refractivity contribution in [1.82, 2.24) is 19.7 Å². The number of carbonyl (C=O) groups excluding carboxylic acids is 1. The quantitative estimate of drug-likeness (QED) is 0.426. The number of morpholine rings is 1. The van der Waals surface area contributed by atoms with E-state index in [0.717, 1.165) is 5.56 Å². The number of carboxylic acid groups (broad SMARTS) is 1. The van der Waals surface area contributed by atoms with Gasteiger partial charge in [-0.3, -0.25) is 19.5 Å². The molecule has 3 aliphatic rings. The Labute approximate surface area is 263 Å². The van der Waals surface area contributed by atoms with Crippen molar-refractivity contribution in [2.75, 3.05) is 64.6 Å². The lowest BCUT2D eigenvalue weighted by molar-refractivity contribution is -0.123. The molecule has 5 rings (SSSR count). The van der Waals surface area contributed by atoms with Gasteiger partial charge in [0, 0.05) is 50.9 Å². The summed E-state index contributed by atoms with van der Waals surface area (Å²) in [6.07, 6.45) is -0.594. The average molecular weight is 630 g/mol. The molecule has 0 aliphatic carbocycles. The minimum Gasteiger partial charge on any atom is -0.474 e. The molecule has 5 atom stereocenters. The highest BCUT2D eigenvalue weighted by molar-refractivity contribution is 5.97. The monoisotopic (exact) mass is 629 g/mol. The Morgan fingerprint density at radius 1 is 1.04 bits per heavy atom. The Balaban J connectivity index is 1.45. The van der Waals surface area contributed by atoms with E-state index in [-0.39, 0.29) is 74.7 Å². The van der Waals surface area contributed by atoms with Crippen molar-refractivity contribution < 1.29 is 38.4 Å². The maximum Gasteiger partial charge on any atom is 0.407 e. The summed E-state index contributed by atoms with van der Waals surface area (Å²) >= 11 is 0. The van der Waals surface area contributed by atoms with Gasteiger partial charge < -0.3 is 29.3 Å². The van der Waals surface area contributed by atoms with Gasteiger partial charge in [-0.05, 0) is 56.5 Å². The number of anilines is 1. The molecule has 0 unspecified atom stereocenters. The summed E-state index contributed by atoms with van der Waals surface area (Å²) in [6.45, 7) is 8.67. The van der Waals surface area contributed by atoms with Crippen LogP contribution in [0.3, 0.4) is 0 Å². The van der Waals surface area contributed by atoms with Gasteiger partial charge in [0.2, 0.25) is 11.8 Å². The number of aliphatic hydroxyl groups excluding tert-OH is 1. The molecule has 2 aromatic rings. The highest BCUT2D eigenvalue weighted by Crippen LogP contribution is 2.36. The number of ether oxygens (including phenoxy) is 3. The van der Waals surface area contributed by atoms with Gasteiger partial charge in [0.25, 0.3) is 0 Å². The van der Waals surface area contributed by atoms with Crippen molar-refractivity contribution in [2.45, 2.75) is 64.0 Å². The maximum atomic E-state index is 14.4. The first-order valence-corrected chi connectivity index (χ1v) is 15.5. The first-order chi connectivity index (χ1) is 21.6. The maximum absolute atomic E-state index is 14.4. The van der Waals surface area contributed by atoms with E-state index in [2.05, 4.69) is 28.6 Å². The molecule has 13 heteroatoms. The van der Waals surface area contributed by atoms with Crippen LogP contribution in [0.4, 0.5) is 14.9 Å². The zero-order valence-electron chi connectivity index (χ0n) is 26.4. The van der Waals surface area contributed by atoms with Crippen LogP contribution in [0, 0.1) is 5.82 Å². The van der Waals surface area contributed by atoms with Crippen molar-refractivity contribution in [3.8, 4) is 5.88 Å². The number of benzene rings is 1. The number of fused-ring (bicyclic) bond motifs is 1. The summed E-state index contributed by atoms with van der Waals surface area (Å²) in [4.78, 5) is 38.6. The normalized spacial score (nSPS) is 26.0. The molecule has 3 aliphatic heterocycles. The molecular weight excluding hydrogens is 585 g/mol. The number of aliphatic hydroxyl groups is 1. The van der Waals surface area contributed by atoms with E-state index in [1.54, 1.807) is 24.1 Å². The number of amides is 2. The molecule has 4 heterocycles. The fourth-order valence-electron chi connectivity index (χ4n) is 6.68. The third-order valence-electron chi connectivity index (χ3n) is 9.07. The number of carbonyl (C=O) groups is 2. The smallest absolute Gasteiger partial charge is 0.407 e. The minimum absolute atomic E-state index is 0.0598. The molecule has 2 saturated heterocycles. The van der Waals surface area contributed by atoms with Gasteiger partial charge in [-0.2, -0.15) is 0 Å². The summed E-state index contributed by atoms with van der Waals surface area (Å²) in [5.41, 5.74) is 2.42. The molecular formula is C32H44FN5O7. The van der Waals surface area contributed by atoms with Crippen LogP contribution in [0.5, 0.6) is 5.88 Å². The lowest BCUT2D eigenvalue weighted by atomic mass is 10.0. The number of halogens is 1. The van der Waals surface area contributed by atoms with Crippen molar-refractivity contribution in [3.63, 3.8) is 0 Å². The molecule has 0 radical (unpaired) electrons. The third kappa shape index (κ3) is 7.39. The second kappa shape index (κ2) is 14.4. The van der Waals surface area contributed by atoms with Gasteiger partial charge in [-0.15, -0.1) is 0 Å². The molecule has 2 N–H and O–H groups in total. The molecule has 45 heavy (non-hydrogen) atoms. The van der Waals surface area contributed by atoms with Gasteiger partial charge in [0.05, 0.1) is 44.7 Å². The van der Waals surface area contributed by atoms with Gasteiger partial charge in [0.1, 0.15) is 18.1 Å². The molecule has 0 saturated carbocycles. The fourth-order valence-corrected chi connectivity index (χ4v) is 6.68. The molecule has 0 bridgehead atoms. The van der Waals surface area contributed by atoms with Gasteiger partial charge in [-0.25, -0.2) is 14.2 Å². The Kier molecular flexibility index (Phi) is 10.6. The number of rotatable bonds is 9. The van der Waals surface area contributed by atoms with Crippen LogP contribution in [0.25, 0.3) is 0 Å². The Bertz CT molecular complexity index is 1340. The van der Waals surface area contributed by atoms with E-state index in [4.69, 9.17) is 14.2 Å². The summed E-state index contributed by atoms with van der Waals surface area (Å²) in [5.74, 6) is -0.275. The Morgan fingerprint density at radius 3 is 2.40 bits per heavy atom. The average Bonchev–Trinajstić information content (AvgIpc) is 3.00. The first kappa shape index (κ1) is 33.0. The Morgan fingerprint density at radius 2 is 1.76 bits per heavy atom. The molecule has 2 fully saturated rings. The SMILES string of the molecule is COC[C@H]1COc2nc(CO)c(Cc3ccc(F)cc3)cc2N1C(=O)CN1C[C@@H](C)N(C(=O)O)C[C@@H]1CN1[C@H](C)COC[C@H]1C. The molecule has 12 nitrogen and oxygen atoms in total. The summed E-state index contributed by atoms with van der Waals surface area (Å²) in [7, 11) is 1.57. The minimum atomic E-state index is -0.969. The van der Waals surface area contributed by atoms with Crippen LogP contribution in [-0.4, -0.2) is 132 Å². The second-order valence-corrected chi connectivity index (χ2v) is 12.4. The van der Waals surface area contributed by atoms with Crippen molar-refractivity contribution in [1.29, 1.82) is 0 Å². The van der Waals surface area contributed by atoms with E-state index in [1.165, 1.54) is 17.0 Å². The highest BCUT2D eigenvalue weighted by Gasteiger charge is 2.41. The largest absolute Gasteiger partial charge is 0.474 e. The zero-order chi connectivity index (χ0) is 32.2. The van der Waals surface area contributed by atoms with Crippen molar-refractivity contribution >= 4 is 17.7 Å². The number of piperazine rings is 1. The molecule has 1 aromatic heterocycles. The second-order valence-electron chi connectivity index (χ2n) is 12.4. The number of aromatic nitrogens is 1.